The van der Waals surface area contributed by atoms with Gasteiger partial charge in [0.2, 0.25) is 5.95 Å². The van der Waals surface area contributed by atoms with Crippen LogP contribution in [-0.4, -0.2) is 72.8 Å². The van der Waals surface area contributed by atoms with Gasteiger partial charge < -0.3 is 18.9 Å². The van der Waals surface area contributed by atoms with E-state index < -0.39 is 0 Å². The lowest BCUT2D eigenvalue weighted by Gasteiger charge is -2.34. The molecule has 0 atom stereocenters. The minimum Gasteiger partial charge on any atom is -0.486 e. The maximum absolute atomic E-state index is 5.70. The molecule has 2 aromatic rings. The molecule has 2 aliphatic heterocycles. The average molecular weight is 371 g/mol. The smallest absolute Gasteiger partial charge is 0.204 e. The van der Waals surface area contributed by atoms with Gasteiger partial charge in [0.1, 0.15) is 13.2 Å². The summed E-state index contributed by atoms with van der Waals surface area (Å²) >= 11 is 0. The van der Waals surface area contributed by atoms with Crippen LogP contribution in [0.1, 0.15) is 11.3 Å². The van der Waals surface area contributed by atoms with Gasteiger partial charge in [-0.3, -0.25) is 9.80 Å². The normalized spacial score (nSPS) is 17.9. The largest absolute Gasteiger partial charge is 0.486 e. The van der Waals surface area contributed by atoms with Crippen molar-refractivity contribution in [1.82, 2.24) is 19.4 Å². The number of nitrogens with zero attached hydrogens (tertiary/aromatic N) is 5. The Labute approximate surface area is 161 Å². The highest BCUT2D eigenvalue weighted by Gasteiger charge is 2.20. The second kappa shape index (κ2) is 7.78. The molecule has 0 N–H and O–H groups in total. The molecule has 4 rings (SSSR count). The number of imidazole rings is 1. The second-order valence-electron chi connectivity index (χ2n) is 7.53. The van der Waals surface area contributed by atoms with Gasteiger partial charge in [-0.25, -0.2) is 4.98 Å². The zero-order valence-electron chi connectivity index (χ0n) is 16.5. The first-order valence-corrected chi connectivity index (χ1v) is 9.61. The Bertz CT molecular complexity index is 781. The van der Waals surface area contributed by atoms with Crippen molar-refractivity contribution in [3.8, 4) is 11.5 Å². The molecule has 7 heteroatoms. The number of anilines is 1. The highest BCUT2D eigenvalue weighted by molar-refractivity contribution is 5.43. The van der Waals surface area contributed by atoms with Crippen molar-refractivity contribution < 1.29 is 9.47 Å². The van der Waals surface area contributed by atoms with Crippen molar-refractivity contribution in [1.29, 1.82) is 0 Å². The number of piperazine rings is 1. The molecule has 0 unspecified atom stereocenters. The lowest BCUT2D eigenvalue weighted by molar-refractivity contribution is 0.120. The highest BCUT2D eigenvalue weighted by Crippen LogP contribution is 2.31. The van der Waals surface area contributed by atoms with Crippen molar-refractivity contribution in [2.24, 2.45) is 7.05 Å². The van der Waals surface area contributed by atoms with Crippen LogP contribution in [0.5, 0.6) is 11.5 Å². The van der Waals surface area contributed by atoms with E-state index in [1.165, 1.54) is 11.3 Å². The number of ether oxygens (including phenoxy) is 2. The van der Waals surface area contributed by atoms with E-state index in [0.717, 1.165) is 56.7 Å². The maximum Gasteiger partial charge on any atom is 0.204 e. The van der Waals surface area contributed by atoms with E-state index in [1.54, 1.807) is 0 Å². The van der Waals surface area contributed by atoms with Crippen molar-refractivity contribution in [2.45, 2.75) is 13.1 Å². The highest BCUT2D eigenvalue weighted by atomic mass is 16.6. The molecular formula is C20H29N5O2. The van der Waals surface area contributed by atoms with Crippen molar-refractivity contribution in [2.75, 3.05) is 58.4 Å². The lowest BCUT2D eigenvalue weighted by Crippen LogP contribution is -2.45. The monoisotopic (exact) mass is 371 g/mol. The quantitative estimate of drug-likeness (QED) is 0.795. The first kappa shape index (κ1) is 18.1. The van der Waals surface area contributed by atoms with Gasteiger partial charge in [-0.2, -0.15) is 0 Å². The molecule has 1 aromatic carbocycles. The summed E-state index contributed by atoms with van der Waals surface area (Å²) in [6.45, 7) is 7.50. The Kier molecular flexibility index (Phi) is 5.22. The Morgan fingerprint density at radius 1 is 0.963 bits per heavy atom. The third kappa shape index (κ3) is 4.04. The summed E-state index contributed by atoms with van der Waals surface area (Å²) in [6, 6.07) is 6.31. The van der Waals surface area contributed by atoms with Gasteiger partial charge >= 0.3 is 0 Å². The van der Waals surface area contributed by atoms with Gasteiger partial charge in [0, 0.05) is 60.4 Å². The second-order valence-corrected chi connectivity index (χ2v) is 7.53. The van der Waals surface area contributed by atoms with Crippen LogP contribution in [0.4, 0.5) is 5.95 Å². The third-order valence-corrected chi connectivity index (χ3v) is 5.32. The molecule has 7 nitrogen and oxygen atoms in total. The van der Waals surface area contributed by atoms with Crippen LogP contribution in [0.2, 0.25) is 0 Å². The van der Waals surface area contributed by atoms with Gasteiger partial charge in [-0.15, -0.1) is 0 Å². The number of hydrogen-bond donors (Lipinski definition) is 0. The fourth-order valence-electron chi connectivity index (χ4n) is 3.78. The van der Waals surface area contributed by atoms with Gasteiger partial charge in [-0.1, -0.05) is 6.07 Å². The van der Waals surface area contributed by atoms with Gasteiger partial charge in [0.05, 0.1) is 11.9 Å². The fraction of sp³-hybridized carbons (Fsp3) is 0.550. The summed E-state index contributed by atoms with van der Waals surface area (Å²) in [7, 11) is 6.15. The molecule has 0 spiro atoms. The molecular weight excluding hydrogens is 342 g/mol. The molecule has 0 amide bonds. The third-order valence-electron chi connectivity index (χ3n) is 5.32. The summed E-state index contributed by atoms with van der Waals surface area (Å²) in [5.41, 5.74) is 2.55. The van der Waals surface area contributed by atoms with Crippen LogP contribution in [0.3, 0.4) is 0 Å². The molecule has 0 aliphatic carbocycles. The van der Waals surface area contributed by atoms with Gasteiger partial charge in [0.15, 0.2) is 11.5 Å². The lowest BCUT2D eigenvalue weighted by atomic mass is 10.1. The average Bonchev–Trinajstić information content (AvgIpc) is 3.04. The standard InChI is InChI=1S/C20H29N5O2/c1-22(2)20-21-13-17(23(20)3)15-25-8-6-24(7-9-25)14-16-4-5-18-19(12-16)27-11-10-26-18/h4-5,12-13H,6-11,14-15H2,1-3H3. The van der Waals surface area contributed by atoms with E-state index in [9.17, 15) is 0 Å². The predicted molar refractivity (Wildman–Crippen MR) is 106 cm³/mol. The van der Waals surface area contributed by atoms with E-state index in [4.69, 9.17) is 9.47 Å². The summed E-state index contributed by atoms with van der Waals surface area (Å²) < 4.78 is 13.5. The molecule has 1 aromatic heterocycles. The minimum absolute atomic E-state index is 0.638. The van der Waals surface area contributed by atoms with E-state index >= 15 is 0 Å². The zero-order valence-corrected chi connectivity index (χ0v) is 16.5. The van der Waals surface area contributed by atoms with Gasteiger partial charge in [0.25, 0.3) is 0 Å². The number of aromatic nitrogens is 2. The van der Waals surface area contributed by atoms with E-state index in [-0.39, 0.29) is 0 Å². The van der Waals surface area contributed by atoms with E-state index in [1.807, 2.05) is 26.4 Å². The van der Waals surface area contributed by atoms with E-state index in [0.29, 0.717) is 13.2 Å². The zero-order chi connectivity index (χ0) is 18.8. The summed E-state index contributed by atoms with van der Waals surface area (Å²) in [5.74, 6) is 2.75. The predicted octanol–water partition coefficient (Wildman–Crippen LogP) is 1.58. The Balaban J connectivity index is 1.30. The van der Waals surface area contributed by atoms with Crippen LogP contribution < -0.4 is 14.4 Å². The molecule has 0 bridgehead atoms. The van der Waals surface area contributed by atoms with Crippen molar-refractivity contribution in [3.05, 3.63) is 35.7 Å². The minimum atomic E-state index is 0.638. The number of fused-ring (bicyclic) bond motifs is 1. The Morgan fingerprint density at radius 3 is 2.30 bits per heavy atom. The summed E-state index contributed by atoms with van der Waals surface area (Å²) in [4.78, 5) is 11.6. The molecule has 3 heterocycles. The van der Waals surface area contributed by atoms with Crippen molar-refractivity contribution in [3.63, 3.8) is 0 Å². The van der Waals surface area contributed by atoms with E-state index in [2.05, 4.69) is 43.4 Å². The number of hydrogen-bond acceptors (Lipinski definition) is 6. The number of benzene rings is 1. The molecule has 146 valence electrons. The van der Waals surface area contributed by atoms with Crippen LogP contribution in [-0.2, 0) is 20.1 Å². The first-order valence-electron chi connectivity index (χ1n) is 9.61. The topological polar surface area (TPSA) is 46.0 Å². The Morgan fingerprint density at radius 2 is 1.63 bits per heavy atom. The van der Waals surface area contributed by atoms with Crippen LogP contribution in [0.25, 0.3) is 0 Å². The number of rotatable bonds is 5. The maximum atomic E-state index is 5.70. The molecule has 27 heavy (non-hydrogen) atoms. The first-order chi connectivity index (χ1) is 13.1. The van der Waals surface area contributed by atoms with Gasteiger partial charge in [-0.05, 0) is 17.7 Å². The van der Waals surface area contributed by atoms with Crippen LogP contribution in [0.15, 0.2) is 24.4 Å². The summed E-state index contributed by atoms with van der Waals surface area (Å²) in [5, 5.41) is 0. The molecule has 0 radical (unpaired) electrons. The molecule has 1 fully saturated rings. The molecule has 2 aliphatic rings. The fourth-order valence-corrected chi connectivity index (χ4v) is 3.78. The Hall–Kier alpha value is -2.25. The molecule has 1 saturated heterocycles. The van der Waals surface area contributed by atoms with Crippen LogP contribution >= 0.6 is 0 Å². The SMILES string of the molecule is CN(C)c1ncc(CN2CCN(Cc3ccc4c(c3)OCCO4)CC2)n1C. The van der Waals surface area contributed by atoms with Crippen molar-refractivity contribution >= 4 is 5.95 Å². The molecule has 0 saturated carbocycles. The van der Waals surface area contributed by atoms with Crippen LogP contribution in [0, 0.1) is 0 Å². The summed E-state index contributed by atoms with van der Waals surface area (Å²) in [6.07, 6.45) is 2.00.